The Balaban J connectivity index is 2.02. The van der Waals surface area contributed by atoms with Crippen LogP contribution >= 0.6 is 0 Å². The minimum absolute atomic E-state index is 0.0379. The molecule has 0 aromatic carbocycles. The van der Waals surface area contributed by atoms with Crippen LogP contribution in [0.5, 0.6) is 0 Å². The molecule has 19 heavy (non-hydrogen) atoms. The first-order chi connectivity index (χ1) is 8.96. The first-order valence-electron chi connectivity index (χ1n) is 5.65. The maximum atomic E-state index is 11.8. The zero-order chi connectivity index (χ0) is 13.9. The lowest BCUT2D eigenvalue weighted by molar-refractivity contribution is 0.0951. The van der Waals surface area contributed by atoms with Gasteiger partial charge in [0.25, 0.3) is 5.91 Å². The average molecular weight is 282 g/mol. The number of fused-ring (bicyclic) bond motifs is 1. The van der Waals surface area contributed by atoms with Crippen molar-refractivity contribution in [3.63, 3.8) is 0 Å². The minimum Gasteiger partial charge on any atom is -0.381 e. The van der Waals surface area contributed by atoms with Gasteiger partial charge in [-0.15, -0.1) is 0 Å². The van der Waals surface area contributed by atoms with Crippen LogP contribution in [0.4, 0.5) is 5.69 Å². The number of nitrogens with two attached hydrogens (primary N) is 1. The molecule has 0 fully saturated rings. The molecule has 0 saturated heterocycles. The third-order valence-electron chi connectivity index (χ3n) is 2.55. The van der Waals surface area contributed by atoms with E-state index >= 15 is 0 Å². The van der Waals surface area contributed by atoms with Gasteiger partial charge >= 0.3 is 0 Å². The molecule has 0 saturated carbocycles. The van der Waals surface area contributed by atoms with Crippen molar-refractivity contribution in [3.05, 3.63) is 29.6 Å². The lowest BCUT2D eigenvalue weighted by atomic mass is 10.1. The van der Waals surface area contributed by atoms with E-state index in [1.54, 1.807) is 12.3 Å². The molecule has 0 spiro atoms. The minimum atomic E-state index is -3.57. The van der Waals surface area contributed by atoms with Gasteiger partial charge < -0.3 is 10.6 Å². The molecule has 1 aromatic heterocycles. The SMILES string of the molecule is NS(=O)(=O)CCNC(=O)c1cc2c(cn1)C=CCN2. The topological polar surface area (TPSA) is 114 Å². The standard InChI is InChI=1S/C11H14N4O3S/c12-19(17,18)5-4-14-11(16)10-6-9-8(7-15-10)2-1-3-13-9/h1-2,6-7,13H,3-5H2,(H,14,16)(H2,12,17,18). The molecule has 7 nitrogen and oxygen atoms in total. The normalized spacial score (nSPS) is 13.5. The van der Waals surface area contributed by atoms with Crippen LogP contribution in [0.25, 0.3) is 6.08 Å². The summed E-state index contributed by atoms with van der Waals surface area (Å²) in [4.78, 5) is 15.8. The van der Waals surface area contributed by atoms with Crippen LogP contribution in [-0.2, 0) is 10.0 Å². The summed E-state index contributed by atoms with van der Waals surface area (Å²) in [5, 5.41) is 10.4. The van der Waals surface area contributed by atoms with Crippen LogP contribution in [0.3, 0.4) is 0 Å². The summed E-state index contributed by atoms with van der Waals surface area (Å²) >= 11 is 0. The number of nitrogens with one attached hydrogen (secondary N) is 2. The van der Waals surface area contributed by atoms with Crippen molar-refractivity contribution >= 4 is 27.7 Å². The number of carbonyl (C=O) groups excluding carboxylic acids is 1. The molecule has 0 aliphatic carbocycles. The first kappa shape index (κ1) is 13.5. The van der Waals surface area contributed by atoms with E-state index in [0.29, 0.717) is 6.54 Å². The molecule has 1 aliphatic rings. The maximum Gasteiger partial charge on any atom is 0.269 e. The Kier molecular flexibility index (Phi) is 3.82. The second-order valence-electron chi connectivity index (χ2n) is 4.06. The third-order valence-corrected chi connectivity index (χ3v) is 3.32. The molecular formula is C11H14N4O3S. The molecule has 4 N–H and O–H groups in total. The summed E-state index contributed by atoms with van der Waals surface area (Å²) < 4.78 is 21.5. The fourth-order valence-electron chi connectivity index (χ4n) is 1.63. The molecule has 1 amide bonds. The van der Waals surface area contributed by atoms with E-state index in [4.69, 9.17) is 5.14 Å². The molecule has 8 heteroatoms. The van der Waals surface area contributed by atoms with Gasteiger partial charge in [-0.2, -0.15) is 0 Å². The van der Waals surface area contributed by atoms with Gasteiger partial charge in [0.05, 0.1) is 5.75 Å². The zero-order valence-electron chi connectivity index (χ0n) is 10.1. The second-order valence-corrected chi connectivity index (χ2v) is 5.80. The van der Waals surface area contributed by atoms with Gasteiger partial charge in [-0.25, -0.2) is 13.6 Å². The summed E-state index contributed by atoms with van der Waals surface area (Å²) in [5.74, 6) is -0.729. The first-order valence-corrected chi connectivity index (χ1v) is 7.36. The predicted molar refractivity (Wildman–Crippen MR) is 72.1 cm³/mol. The van der Waals surface area contributed by atoms with Crippen molar-refractivity contribution in [2.75, 3.05) is 24.2 Å². The van der Waals surface area contributed by atoms with E-state index in [2.05, 4.69) is 15.6 Å². The van der Waals surface area contributed by atoms with Gasteiger partial charge in [-0.3, -0.25) is 9.78 Å². The number of rotatable bonds is 4. The van der Waals surface area contributed by atoms with E-state index in [9.17, 15) is 13.2 Å². The predicted octanol–water partition coefficient (Wildman–Crippen LogP) is -0.461. The van der Waals surface area contributed by atoms with Gasteiger partial charge in [0.2, 0.25) is 10.0 Å². The highest BCUT2D eigenvalue weighted by molar-refractivity contribution is 7.89. The molecule has 2 heterocycles. The molecule has 1 aromatic rings. The highest BCUT2D eigenvalue weighted by atomic mass is 32.2. The number of anilines is 1. The molecule has 0 unspecified atom stereocenters. The smallest absolute Gasteiger partial charge is 0.269 e. The Hall–Kier alpha value is -1.93. The van der Waals surface area contributed by atoms with Crippen molar-refractivity contribution in [2.45, 2.75) is 0 Å². The van der Waals surface area contributed by atoms with Crippen LogP contribution in [0.15, 0.2) is 18.3 Å². The van der Waals surface area contributed by atoms with Gasteiger partial charge in [0, 0.05) is 30.5 Å². The summed E-state index contributed by atoms with van der Waals surface area (Å²) in [6, 6.07) is 1.63. The summed E-state index contributed by atoms with van der Waals surface area (Å²) in [6.07, 6.45) is 5.46. The Labute approximate surface area is 111 Å². The maximum absolute atomic E-state index is 11.8. The second kappa shape index (κ2) is 5.37. The van der Waals surface area contributed by atoms with E-state index in [1.165, 1.54) is 0 Å². The molecule has 1 aliphatic heterocycles. The van der Waals surface area contributed by atoms with E-state index in [-0.39, 0.29) is 18.0 Å². The van der Waals surface area contributed by atoms with Crippen molar-refractivity contribution in [1.29, 1.82) is 0 Å². The number of hydrogen-bond acceptors (Lipinski definition) is 5. The summed E-state index contributed by atoms with van der Waals surface area (Å²) in [7, 11) is -3.57. The highest BCUT2D eigenvalue weighted by Gasteiger charge is 2.12. The van der Waals surface area contributed by atoms with Gasteiger partial charge in [-0.1, -0.05) is 12.2 Å². The van der Waals surface area contributed by atoms with Crippen molar-refractivity contribution in [2.24, 2.45) is 5.14 Å². The molecule has 2 rings (SSSR count). The Bertz CT molecular complexity index is 625. The molecule has 102 valence electrons. The number of aromatic nitrogens is 1. The van der Waals surface area contributed by atoms with Crippen LogP contribution in [0.2, 0.25) is 0 Å². The van der Waals surface area contributed by atoms with E-state index < -0.39 is 15.9 Å². The van der Waals surface area contributed by atoms with Crippen LogP contribution < -0.4 is 15.8 Å². The zero-order valence-corrected chi connectivity index (χ0v) is 10.9. The largest absolute Gasteiger partial charge is 0.381 e. The van der Waals surface area contributed by atoms with Crippen molar-refractivity contribution in [1.82, 2.24) is 10.3 Å². The molecule has 0 radical (unpaired) electrons. The van der Waals surface area contributed by atoms with Crippen LogP contribution in [0, 0.1) is 0 Å². The lowest BCUT2D eigenvalue weighted by Gasteiger charge is -2.13. The summed E-state index contributed by atoms with van der Waals surface area (Å²) in [5.41, 5.74) is 1.97. The Morgan fingerprint density at radius 1 is 1.53 bits per heavy atom. The Morgan fingerprint density at radius 2 is 2.32 bits per heavy atom. The van der Waals surface area contributed by atoms with E-state index in [0.717, 1.165) is 11.3 Å². The van der Waals surface area contributed by atoms with E-state index in [1.807, 2.05) is 12.2 Å². The van der Waals surface area contributed by atoms with Crippen molar-refractivity contribution < 1.29 is 13.2 Å². The number of pyridine rings is 1. The number of primary sulfonamides is 1. The quantitative estimate of drug-likeness (QED) is 0.691. The number of carbonyl (C=O) groups is 1. The Morgan fingerprint density at radius 3 is 3.05 bits per heavy atom. The number of amides is 1. The fraction of sp³-hybridized carbons (Fsp3) is 0.273. The fourth-order valence-corrected chi connectivity index (χ4v) is 2.01. The highest BCUT2D eigenvalue weighted by Crippen LogP contribution is 2.20. The monoisotopic (exact) mass is 282 g/mol. The average Bonchev–Trinajstić information content (AvgIpc) is 2.36. The van der Waals surface area contributed by atoms with Crippen LogP contribution in [0.1, 0.15) is 16.1 Å². The van der Waals surface area contributed by atoms with Gasteiger partial charge in [-0.05, 0) is 6.07 Å². The molecule has 0 atom stereocenters. The van der Waals surface area contributed by atoms with Gasteiger partial charge in [0.1, 0.15) is 5.69 Å². The molecule has 0 bridgehead atoms. The van der Waals surface area contributed by atoms with Crippen LogP contribution in [-0.4, -0.2) is 38.2 Å². The number of nitrogens with zero attached hydrogens (tertiary/aromatic N) is 1. The van der Waals surface area contributed by atoms with Crippen molar-refractivity contribution in [3.8, 4) is 0 Å². The lowest BCUT2D eigenvalue weighted by Crippen LogP contribution is -2.32. The third kappa shape index (κ3) is 3.76. The number of sulfonamides is 1. The summed E-state index contributed by atoms with van der Waals surface area (Å²) in [6.45, 7) is 0.660. The van der Waals surface area contributed by atoms with Gasteiger partial charge in [0.15, 0.2) is 0 Å². The molecular weight excluding hydrogens is 268 g/mol. The number of hydrogen-bond donors (Lipinski definition) is 3.